The Labute approximate surface area is 49.6 Å². The molecule has 0 spiro atoms. The van der Waals surface area contributed by atoms with E-state index in [1.807, 2.05) is 0 Å². The summed E-state index contributed by atoms with van der Waals surface area (Å²) in [6.07, 6.45) is 2.44. The maximum Gasteiger partial charge on any atom is 0.225 e. The van der Waals surface area contributed by atoms with Gasteiger partial charge in [0, 0.05) is 6.54 Å². The molecule has 0 aromatic carbocycles. The van der Waals surface area contributed by atoms with Gasteiger partial charge in [0.25, 0.3) is 0 Å². The van der Waals surface area contributed by atoms with Crippen molar-refractivity contribution in [2.45, 2.75) is 6.42 Å². The van der Waals surface area contributed by atoms with Gasteiger partial charge in [-0.3, -0.25) is 0 Å². The van der Waals surface area contributed by atoms with Gasteiger partial charge in [0.15, 0.2) is 0 Å². The molecule has 0 atom stereocenters. The highest BCUT2D eigenvalue weighted by Gasteiger charge is 2.05. The largest absolute Gasteiger partial charge is 0.430 e. The van der Waals surface area contributed by atoms with Crippen molar-refractivity contribution < 1.29 is 4.39 Å². The van der Waals surface area contributed by atoms with E-state index >= 15 is 0 Å². The van der Waals surface area contributed by atoms with Gasteiger partial charge in [0.05, 0.1) is 0 Å². The summed E-state index contributed by atoms with van der Waals surface area (Å²) >= 11 is 0. The minimum Gasteiger partial charge on any atom is -0.430 e. The van der Waals surface area contributed by atoms with Crippen LogP contribution in [0.4, 0.5) is 4.39 Å². The van der Waals surface area contributed by atoms with Crippen LogP contribution in [0.5, 0.6) is 0 Å². The summed E-state index contributed by atoms with van der Waals surface area (Å²) in [5.41, 5.74) is 0.799. The van der Waals surface area contributed by atoms with Gasteiger partial charge in [-0.1, -0.05) is 0 Å². The first kappa shape index (κ1) is 5.67. The Bertz CT molecular complexity index is 113. The summed E-state index contributed by atoms with van der Waals surface area (Å²) in [6, 6.07) is 0. The Kier molecular flexibility index (Phi) is 1.56. The van der Waals surface area contributed by atoms with Crippen molar-refractivity contribution in [2.24, 2.45) is 0 Å². The molecule has 1 nitrogen and oxygen atoms in total. The van der Waals surface area contributed by atoms with Crippen LogP contribution in [0, 0.1) is 0 Å². The fourth-order valence-corrected chi connectivity index (χ4v) is 0.738. The highest BCUT2D eigenvalue weighted by atomic mass is 19.1. The predicted octanol–water partition coefficient (Wildman–Crippen LogP) is 0.629. The van der Waals surface area contributed by atoms with Crippen molar-refractivity contribution in [3.63, 3.8) is 0 Å². The molecule has 3 heteroatoms. The van der Waals surface area contributed by atoms with E-state index in [-0.39, 0.29) is 6.67 Å². The van der Waals surface area contributed by atoms with Crippen molar-refractivity contribution in [3.8, 4) is 0 Å². The molecular formula is C5H7BFN. The van der Waals surface area contributed by atoms with E-state index in [1.165, 1.54) is 4.81 Å². The molecule has 0 saturated heterocycles. The van der Waals surface area contributed by atoms with Gasteiger partial charge in [-0.2, -0.15) is 0 Å². The Balaban J connectivity index is 2.44. The summed E-state index contributed by atoms with van der Waals surface area (Å²) in [4.78, 5) is 1.51. The zero-order chi connectivity index (χ0) is 5.98. The molecule has 0 fully saturated rings. The van der Waals surface area contributed by atoms with Gasteiger partial charge >= 0.3 is 0 Å². The minimum atomic E-state index is -0.353. The second kappa shape index (κ2) is 2.20. The molecule has 1 aliphatic heterocycles. The SMILES string of the molecule is [B]N1C=C(CF)CC1. The van der Waals surface area contributed by atoms with E-state index in [9.17, 15) is 4.39 Å². The van der Waals surface area contributed by atoms with E-state index < -0.39 is 0 Å². The first-order valence-corrected chi connectivity index (χ1v) is 2.60. The molecule has 0 aliphatic carbocycles. The lowest BCUT2D eigenvalue weighted by Crippen LogP contribution is -2.07. The van der Waals surface area contributed by atoms with Gasteiger partial charge in [-0.25, -0.2) is 4.39 Å². The molecule has 0 bridgehead atoms. The number of hydrogen-bond donors (Lipinski definition) is 0. The fraction of sp³-hybridized carbons (Fsp3) is 0.600. The van der Waals surface area contributed by atoms with Gasteiger partial charge in [-0.15, -0.1) is 0 Å². The second-order valence-electron chi connectivity index (χ2n) is 1.91. The third-order valence-corrected chi connectivity index (χ3v) is 1.21. The molecule has 0 aromatic heterocycles. The van der Waals surface area contributed by atoms with E-state index in [0.29, 0.717) is 0 Å². The molecule has 8 heavy (non-hydrogen) atoms. The number of halogens is 1. The summed E-state index contributed by atoms with van der Waals surface area (Å²) in [5.74, 6) is 0. The maximum absolute atomic E-state index is 11.7. The Morgan fingerprint density at radius 2 is 2.62 bits per heavy atom. The second-order valence-corrected chi connectivity index (χ2v) is 1.91. The highest BCUT2D eigenvalue weighted by molar-refractivity contribution is 6.05. The zero-order valence-corrected chi connectivity index (χ0v) is 4.60. The molecule has 0 amide bonds. The van der Waals surface area contributed by atoms with Crippen molar-refractivity contribution in [1.82, 2.24) is 4.81 Å². The van der Waals surface area contributed by atoms with E-state index in [4.69, 9.17) is 7.98 Å². The highest BCUT2D eigenvalue weighted by Crippen LogP contribution is 2.10. The summed E-state index contributed by atoms with van der Waals surface area (Å²) in [5, 5.41) is 0. The van der Waals surface area contributed by atoms with Gasteiger partial charge in [0.2, 0.25) is 7.98 Å². The number of rotatable bonds is 1. The Morgan fingerprint density at radius 1 is 1.88 bits per heavy atom. The van der Waals surface area contributed by atoms with Crippen LogP contribution in [-0.2, 0) is 0 Å². The molecule has 2 radical (unpaired) electrons. The lowest BCUT2D eigenvalue weighted by molar-refractivity contribution is 0.536. The first-order chi connectivity index (χ1) is 3.83. The molecule has 0 unspecified atom stereocenters. The van der Waals surface area contributed by atoms with E-state index in [0.717, 1.165) is 18.5 Å². The monoisotopic (exact) mass is 111 g/mol. The molecule has 1 aliphatic rings. The number of nitrogens with zero attached hydrogens (tertiary/aromatic N) is 1. The van der Waals surface area contributed by atoms with Crippen LogP contribution in [0.15, 0.2) is 11.8 Å². The molecule has 0 N–H and O–H groups in total. The quantitative estimate of drug-likeness (QED) is 0.448. The van der Waals surface area contributed by atoms with Crippen molar-refractivity contribution >= 4 is 7.98 Å². The van der Waals surface area contributed by atoms with E-state index in [2.05, 4.69) is 0 Å². The molecule has 1 heterocycles. The van der Waals surface area contributed by atoms with Crippen molar-refractivity contribution in [2.75, 3.05) is 13.2 Å². The van der Waals surface area contributed by atoms with Crippen LogP contribution in [0.1, 0.15) is 6.42 Å². The fourth-order valence-electron chi connectivity index (χ4n) is 0.738. The molecule has 1 rings (SSSR count). The van der Waals surface area contributed by atoms with Crippen LogP contribution < -0.4 is 0 Å². The predicted molar refractivity (Wildman–Crippen MR) is 31.1 cm³/mol. The number of alkyl halides is 1. The van der Waals surface area contributed by atoms with E-state index in [1.54, 1.807) is 6.20 Å². The van der Waals surface area contributed by atoms with Crippen LogP contribution in [0.25, 0.3) is 0 Å². The normalized spacial score (nSPS) is 19.1. The molecular weight excluding hydrogens is 104 g/mol. The van der Waals surface area contributed by atoms with Crippen LogP contribution in [0.2, 0.25) is 0 Å². The van der Waals surface area contributed by atoms with Crippen molar-refractivity contribution in [3.05, 3.63) is 11.8 Å². The van der Waals surface area contributed by atoms with Crippen LogP contribution >= 0.6 is 0 Å². The lowest BCUT2D eigenvalue weighted by atomic mass is 10.3. The zero-order valence-electron chi connectivity index (χ0n) is 4.60. The first-order valence-electron chi connectivity index (χ1n) is 2.60. The lowest BCUT2D eigenvalue weighted by Gasteiger charge is -2.02. The topological polar surface area (TPSA) is 3.24 Å². The summed E-state index contributed by atoms with van der Waals surface area (Å²) < 4.78 is 11.7. The average Bonchev–Trinajstić information content (AvgIpc) is 2.14. The third-order valence-electron chi connectivity index (χ3n) is 1.21. The standard InChI is InChI=1S/C5H7BFN/c6-8-2-1-5(3-7)4-8/h4H,1-3H2. The van der Waals surface area contributed by atoms with Crippen LogP contribution in [0.3, 0.4) is 0 Å². The average molecular weight is 111 g/mol. The van der Waals surface area contributed by atoms with Gasteiger partial charge < -0.3 is 4.81 Å². The third kappa shape index (κ3) is 1.03. The Morgan fingerprint density at radius 3 is 2.88 bits per heavy atom. The van der Waals surface area contributed by atoms with Crippen LogP contribution in [-0.4, -0.2) is 26.0 Å². The maximum atomic E-state index is 11.7. The van der Waals surface area contributed by atoms with Crippen molar-refractivity contribution in [1.29, 1.82) is 0 Å². The van der Waals surface area contributed by atoms with Gasteiger partial charge in [0.1, 0.15) is 6.67 Å². The smallest absolute Gasteiger partial charge is 0.225 e. The summed E-state index contributed by atoms with van der Waals surface area (Å²) in [6.45, 7) is 0.410. The summed E-state index contributed by atoms with van der Waals surface area (Å²) in [7, 11) is 5.29. The molecule has 42 valence electrons. The van der Waals surface area contributed by atoms with Gasteiger partial charge in [-0.05, 0) is 18.2 Å². The molecule has 0 aromatic rings. The number of hydrogen-bond acceptors (Lipinski definition) is 1. The Hall–Kier alpha value is -0.465. The minimum absolute atomic E-state index is 0.353. The molecule has 0 saturated carbocycles.